The van der Waals surface area contributed by atoms with Crippen molar-refractivity contribution in [3.8, 4) is 22.6 Å². The predicted molar refractivity (Wildman–Crippen MR) is 117 cm³/mol. The van der Waals surface area contributed by atoms with E-state index < -0.39 is 5.97 Å². The average molecular weight is 423 g/mol. The first kappa shape index (κ1) is 20.9. The lowest BCUT2D eigenvalue weighted by atomic mass is 9.94. The van der Waals surface area contributed by atoms with Gasteiger partial charge in [-0.2, -0.15) is 0 Å². The minimum atomic E-state index is -0.760. The first-order valence-electron chi connectivity index (χ1n) is 10.0. The van der Waals surface area contributed by atoms with Crippen LogP contribution in [-0.4, -0.2) is 52.8 Å². The van der Waals surface area contributed by atoms with Gasteiger partial charge in [-0.25, -0.2) is 0 Å². The molecule has 8 heteroatoms. The summed E-state index contributed by atoms with van der Waals surface area (Å²) in [6, 6.07) is 5.74. The number of benzene rings is 1. The van der Waals surface area contributed by atoms with Crippen molar-refractivity contribution in [1.82, 2.24) is 14.5 Å². The maximum atomic E-state index is 12.5. The van der Waals surface area contributed by atoms with Gasteiger partial charge in [-0.3, -0.25) is 19.5 Å². The summed E-state index contributed by atoms with van der Waals surface area (Å²) in [5, 5.41) is 10.3. The third-order valence-corrected chi connectivity index (χ3v) is 5.78. The van der Waals surface area contributed by atoms with Crippen LogP contribution >= 0.6 is 0 Å². The highest BCUT2D eigenvalue weighted by Crippen LogP contribution is 2.38. The van der Waals surface area contributed by atoms with Crippen LogP contribution in [0.5, 0.6) is 11.5 Å². The molecule has 3 aromatic rings. The second-order valence-corrected chi connectivity index (χ2v) is 7.90. The molecule has 162 valence electrons. The normalized spacial score (nSPS) is 14.4. The van der Waals surface area contributed by atoms with Gasteiger partial charge in [0, 0.05) is 50.8 Å². The molecule has 1 aromatic carbocycles. The Morgan fingerprint density at radius 1 is 1.19 bits per heavy atom. The monoisotopic (exact) mass is 423 g/mol. The highest BCUT2D eigenvalue weighted by atomic mass is 16.5. The number of hydrogen-bond donors (Lipinski definition) is 1. The van der Waals surface area contributed by atoms with Crippen molar-refractivity contribution in [2.45, 2.75) is 13.0 Å². The summed E-state index contributed by atoms with van der Waals surface area (Å²) in [7, 11) is 4.96. The van der Waals surface area contributed by atoms with Crippen molar-refractivity contribution >= 4 is 16.7 Å². The SMILES string of the molecule is COc1cc(-c2cn(C)c(=O)c3cnccc23)cc(OC)c1CN1CC(CC(=O)O)C1. The molecule has 0 bridgehead atoms. The Kier molecular flexibility index (Phi) is 5.65. The van der Waals surface area contributed by atoms with Crippen LogP contribution in [0, 0.1) is 5.92 Å². The third kappa shape index (κ3) is 3.98. The topological polar surface area (TPSA) is 93.9 Å². The molecule has 1 aliphatic heterocycles. The van der Waals surface area contributed by atoms with E-state index in [9.17, 15) is 9.59 Å². The van der Waals surface area contributed by atoms with Crippen LogP contribution in [0.2, 0.25) is 0 Å². The van der Waals surface area contributed by atoms with E-state index in [0.29, 0.717) is 23.4 Å². The summed E-state index contributed by atoms with van der Waals surface area (Å²) in [5.74, 6) is 0.794. The molecule has 0 atom stereocenters. The lowest BCUT2D eigenvalue weighted by molar-refractivity contribution is -0.139. The molecule has 1 saturated heterocycles. The van der Waals surface area contributed by atoms with E-state index in [-0.39, 0.29) is 17.9 Å². The molecule has 1 aliphatic rings. The minimum absolute atomic E-state index is 0.101. The van der Waals surface area contributed by atoms with Gasteiger partial charge < -0.3 is 19.1 Å². The number of likely N-dealkylation sites (tertiary alicyclic amines) is 1. The zero-order valence-electron chi connectivity index (χ0n) is 17.8. The molecular weight excluding hydrogens is 398 g/mol. The van der Waals surface area contributed by atoms with Crippen molar-refractivity contribution < 1.29 is 19.4 Å². The summed E-state index contributed by atoms with van der Waals surface area (Å²) < 4.78 is 12.9. The van der Waals surface area contributed by atoms with Gasteiger partial charge in [-0.15, -0.1) is 0 Å². The van der Waals surface area contributed by atoms with Crippen LogP contribution < -0.4 is 15.0 Å². The molecule has 0 saturated carbocycles. The molecule has 31 heavy (non-hydrogen) atoms. The van der Waals surface area contributed by atoms with Gasteiger partial charge in [0.25, 0.3) is 5.56 Å². The van der Waals surface area contributed by atoms with Crippen LogP contribution in [-0.2, 0) is 18.4 Å². The van der Waals surface area contributed by atoms with Gasteiger partial charge in [0.15, 0.2) is 0 Å². The maximum absolute atomic E-state index is 12.5. The molecule has 0 unspecified atom stereocenters. The second kappa shape index (κ2) is 8.39. The van der Waals surface area contributed by atoms with E-state index in [1.165, 1.54) is 0 Å². The number of carboxylic acids is 1. The van der Waals surface area contributed by atoms with Crippen LogP contribution in [0.25, 0.3) is 21.9 Å². The number of carboxylic acid groups (broad SMARTS) is 1. The summed E-state index contributed by atoms with van der Waals surface area (Å²) in [6.07, 6.45) is 5.26. The number of carbonyl (C=O) groups is 1. The molecule has 0 amide bonds. The number of fused-ring (bicyclic) bond motifs is 1. The van der Waals surface area contributed by atoms with Crippen molar-refractivity contribution in [2.24, 2.45) is 13.0 Å². The molecule has 3 heterocycles. The van der Waals surface area contributed by atoms with Crippen LogP contribution in [0.4, 0.5) is 0 Å². The second-order valence-electron chi connectivity index (χ2n) is 7.90. The molecule has 1 fully saturated rings. The fourth-order valence-electron chi connectivity index (χ4n) is 4.24. The molecular formula is C23H25N3O5. The van der Waals surface area contributed by atoms with Crippen molar-refractivity contribution in [2.75, 3.05) is 27.3 Å². The molecule has 0 radical (unpaired) electrons. The fourth-order valence-corrected chi connectivity index (χ4v) is 4.24. The quantitative estimate of drug-likeness (QED) is 0.624. The van der Waals surface area contributed by atoms with Gasteiger partial charge >= 0.3 is 5.97 Å². The zero-order chi connectivity index (χ0) is 22.1. The van der Waals surface area contributed by atoms with E-state index in [4.69, 9.17) is 14.6 Å². The number of rotatable bonds is 7. The lowest BCUT2D eigenvalue weighted by Crippen LogP contribution is -2.46. The van der Waals surface area contributed by atoms with E-state index in [2.05, 4.69) is 9.88 Å². The predicted octanol–water partition coefficient (Wildman–Crippen LogP) is 2.52. The molecule has 8 nitrogen and oxygen atoms in total. The molecule has 4 rings (SSSR count). The van der Waals surface area contributed by atoms with E-state index in [1.807, 2.05) is 24.4 Å². The zero-order valence-corrected chi connectivity index (χ0v) is 17.8. The van der Waals surface area contributed by atoms with Crippen molar-refractivity contribution in [3.63, 3.8) is 0 Å². The Balaban J connectivity index is 1.72. The highest BCUT2D eigenvalue weighted by molar-refractivity contribution is 5.95. The first-order valence-corrected chi connectivity index (χ1v) is 10.0. The third-order valence-electron chi connectivity index (χ3n) is 5.78. The van der Waals surface area contributed by atoms with Crippen LogP contribution in [0.15, 0.2) is 41.6 Å². The molecule has 1 N–H and O–H groups in total. The Morgan fingerprint density at radius 2 is 1.87 bits per heavy atom. The number of pyridine rings is 2. The van der Waals surface area contributed by atoms with E-state index >= 15 is 0 Å². The first-order chi connectivity index (χ1) is 14.9. The van der Waals surface area contributed by atoms with E-state index in [0.717, 1.165) is 35.2 Å². The van der Waals surface area contributed by atoms with Gasteiger partial charge in [-0.1, -0.05) is 0 Å². The minimum Gasteiger partial charge on any atom is -0.496 e. The van der Waals surface area contributed by atoms with Gasteiger partial charge in [0.05, 0.1) is 31.6 Å². The standard InChI is InChI=1S/C23H25N3O5/c1-25-12-18(16-4-5-24-9-17(16)23(25)29)15-7-20(30-2)19(21(8-15)31-3)13-26-10-14(11-26)6-22(27)28/h4-5,7-9,12,14H,6,10-11,13H2,1-3H3,(H,27,28). The van der Waals surface area contributed by atoms with Crippen LogP contribution in [0.3, 0.4) is 0 Å². The number of ether oxygens (including phenoxy) is 2. The number of aliphatic carboxylic acids is 1. The summed E-state index contributed by atoms with van der Waals surface area (Å²) in [6.45, 7) is 2.08. The van der Waals surface area contributed by atoms with Crippen molar-refractivity contribution in [3.05, 3.63) is 52.7 Å². The molecule has 0 spiro atoms. The van der Waals surface area contributed by atoms with Crippen molar-refractivity contribution in [1.29, 1.82) is 0 Å². The molecule has 0 aliphatic carbocycles. The number of hydrogen-bond acceptors (Lipinski definition) is 6. The lowest BCUT2D eigenvalue weighted by Gasteiger charge is -2.39. The highest BCUT2D eigenvalue weighted by Gasteiger charge is 2.30. The number of aromatic nitrogens is 2. The van der Waals surface area contributed by atoms with Gasteiger partial charge in [0.2, 0.25) is 0 Å². The Morgan fingerprint density at radius 3 is 2.48 bits per heavy atom. The summed E-state index contributed by atoms with van der Waals surface area (Å²) in [5.41, 5.74) is 2.57. The smallest absolute Gasteiger partial charge is 0.303 e. The fraction of sp³-hybridized carbons (Fsp3) is 0.348. The maximum Gasteiger partial charge on any atom is 0.303 e. The largest absolute Gasteiger partial charge is 0.496 e. The summed E-state index contributed by atoms with van der Waals surface area (Å²) >= 11 is 0. The summed E-state index contributed by atoms with van der Waals surface area (Å²) in [4.78, 5) is 29.7. The van der Waals surface area contributed by atoms with E-state index in [1.54, 1.807) is 38.2 Å². The number of aryl methyl sites for hydroxylation is 1. The Hall–Kier alpha value is -3.39. The van der Waals surface area contributed by atoms with Gasteiger partial charge in [0.1, 0.15) is 11.5 Å². The number of methoxy groups -OCH3 is 2. The Bertz CT molecular complexity index is 1170. The Labute approximate surface area is 179 Å². The van der Waals surface area contributed by atoms with Gasteiger partial charge in [-0.05, 0) is 35.1 Å². The number of nitrogens with zero attached hydrogens (tertiary/aromatic N) is 3. The van der Waals surface area contributed by atoms with Crippen LogP contribution in [0.1, 0.15) is 12.0 Å². The molecule has 2 aromatic heterocycles. The average Bonchev–Trinajstić information content (AvgIpc) is 2.74.